The van der Waals surface area contributed by atoms with E-state index >= 15 is 0 Å². The van der Waals surface area contributed by atoms with Crippen molar-refractivity contribution in [2.24, 2.45) is 50.7 Å². The predicted molar refractivity (Wildman–Crippen MR) is 140 cm³/mol. The van der Waals surface area contributed by atoms with Crippen LogP contribution < -0.4 is 5.32 Å². The molecule has 0 bridgehead atoms. The fourth-order valence-electron chi connectivity index (χ4n) is 11.1. The molecule has 5 rings (SSSR count). The van der Waals surface area contributed by atoms with E-state index in [2.05, 4.69) is 53.8 Å². The number of allylic oxidation sites excluding steroid dienone is 1. The lowest BCUT2D eigenvalue weighted by atomic mass is 9.33. The summed E-state index contributed by atoms with van der Waals surface area (Å²) in [5.74, 6) is 1.91. The van der Waals surface area contributed by atoms with Crippen molar-refractivity contribution in [3.8, 4) is 0 Å². The van der Waals surface area contributed by atoms with Crippen molar-refractivity contribution in [3.63, 3.8) is 0 Å². The average Bonchev–Trinajstić information content (AvgIpc) is 3.10. The van der Waals surface area contributed by atoms with E-state index < -0.39 is 5.41 Å². The Kier molecular flexibility index (Phi) is 5.59. The van der Waals surface area contributed by atoms with Crippen LogP contribution in [0.2, 0.25) is 0 Å². The van der Waals surface area contributed by atoms with Gasteiger partial charge in [-0.3, -0.25) is 9.59 Å². The number of rotatable bonds is 2. The normalized spacial score (nSPS) is 48.7. The maximum absolute atomic E-state index is 13.4. The smallest absolute Gasteiger partial charge is 0.230 e. The molecule has 5 aliphatic rings. The molecule has 8 atom stereocenters. The van der Waals surface area contributed by atoms with Gasteiger partial charge in [-0.25, -0.2) is 0 Å². The molecule has 4 nitrogen and oxygen atoms in total. The molecule has 2 N–H and O–H groups in total. The lowest BCUT2D eigenvalue weighted by molar-refractivity contribution is -0.228. The second-order valence-electron chi connectivity index (χ2n) is 14.7. The van der Waals surface area contributed by atoms with Gasteiger partial charge in [0.15, 0.2) is 5.78 Å². The number of amides is 1. The van der Waals surface area contributed by atoms with Crippen molar-refractivity contribution in [2.45, 2.75) is 112 Å². The van der Waals surface area contributed by atoms with Crippen molar-refractivity contribution in [1.29, 1.82) is 0 Å². The molecule has 0 heterocycles. The van der Waals surface area contributed by atoms with Gasteiger partial charge in [0.1, 0.15) is 0 Å². The number of fused-ring (bicyclic) bond motifs is 7. The Morgan fingerprint density at radius 3 is 2.23 bits per heavy atom. The summed E-state index contributed by atoms with van der Waals surface area (Å²) >= 11 is 0. The summed E-state index contributed by atoms with van der Waals surface area (Å²) < 4.78 is 0. The van der Waals surface area contributed by atoms with Crippen LogP contribution in [-0.2, 0) is 9.59 Å². The van der Waals surface area contributed by atoms with Gasteiger partial charge in [0.05, 0.1) is 11.5 Å². The lowest BCUT2D eigenvalue weighted by Gasteiger charge is -2.72. The maximum Gasteiger partial charge on any atom is 0.230 e. The zero-order valence-electron chi connectivity index (χ0n) is 23.5. The first kappa shape index (κ1) is 25.5. The van der Waals surface area contributed by atoms with E-state index in [1.54, 1.807) is 7.05 Å². The first-order valence-electron chi connectivity index (χ1n) is 14.4. The van der Waals surface area contributed by atoms with Gasteiger partial charge >= 0.3 is 0 Å². The standard InChI is InChI=1S/C31H49NO3/c1-18(2)24-20(33)17-31(26(35)32-8)16-15-29(6)19(25(24)31)9-10-22-28(5)13-12-23(34)27(3,4)21(28)11-14-30(22,29)7/h18-19,21-23,34H,9-17H2,1-8H3,(H,32,35)/t19-,21+,22-,23+,28+,29-,30-,31-/m1/s1. The van der Waals surface area contributed by atoms with Crippen molar-refractivity contribution >= 4 is 11.7 Å². The highest BCUT2D eigenvalue weighted by Crippen LogP contribution is 2.76. The molecule has 4 heteroatoms. The van der Waals surface area contributed by atoms with Crippen LogP contribution in [0, 0.1) is 50.7 Å². The van der Waals surface area contributed by atoms with Crippen molar-refractivity contribution < 1.29 is 14.7 Å². The fraction of sp³-hybridized carbons (Fsp3) is 0.871. The van der Waals surface area contributed by atoms with E-state index in [0.717, 1.165) is 37.7 Å². The van der Waals surface area contributed by atoms with E-state index in [4.69, 9.17) is 0 Å². The van der Waals surface area contributed by atoms with Gasteiger partial charge in [-0.1, -0.05) is 48.5 Å². The third-order valence-electron chi connectivity index (χ3n) is 13.1. The van der Waals surface area contributed by atoms with E-state index in [1.165, 1.54) is 24.8 Å². The molecule has 4 fully saturated rings. The van der Waals surface area contributed by atoms with Crippen LogP contribution in [0.25, 0.3) is 0 Å². The third kappa shape index (κ3) is 2.95. The minimum Gasteiger partial charge on any atom is -0.393 e. The summed E-state index contributed by atoms with van der Waals surface area (Å²) in [7, 11) is 1.74. The van der Waals surface area contributed by atoms with Gasteiger partial charge in [0.2, 0.25) is 5.91 Å². The minimum absolute atomic E-state index is 0.0434. The molecule has 0 aromatic carbocycles. The highest BCUT2D eigenvalue weighted by atomic mass is 16.3. The van der Waals surface area contributed by atoms with Crippen molar-refractivity contribution in [3.05, 3.63) is 11.1 Å². The number of nitrogens with one attached hydrogen (secondary N) is 1. The Bertz CT molecular complexity index is 980. The number of aliphatic hydroxyl groups is 1. The Balaban J connectivity index is 1.62. The Morgan fingerprint density at radius 2 is 1.60 bits per heavy atom. The SMILES string of the molecule is CNC(=O)[C@@]12CC[C@]3(C)[C@H](CC[C@@H]4[C@@]5(C)CC[C@H](O)C(C)(C)[C@@H]5CC[C@]43C)C1=C(C(C)C)C(=O)C2. The number of Topliss-reactive ketones (excluding diaryl/α,β-unsaturated/α-hetero) is 1. The summed E-state index contributed by atoms with van der Waals surface area (Å²) in [6, 6.07) is 0. The van der Waals surface area contributed by atoms with Gasteiger partial charge in [0, 0.05) is 13.5 Å². The Labute approximate surface area is 213 Å². The van der Waals surface area contributed by atoms with Crippen LogP contribution in [0.4, 0.5) is 0 Å². The zero-order valence-corrected chi connectivity index (χ0v) is 23.5. The van der Waals surface area contributed by atoms with Gasteiger partial charge in [-0.05, 0) is 108 Å². The van der Waals surface area contributed by atoms with Crippen LogP contribution in [0.15, 0.2) is 11.1 Å². The molecule has 0 aromatic rings. The number of ketones is 1. The summed E-state index contributed by atoms with van der Waals surface area (Å²) in [6.07, 6.45) is 8.61. The molecule has 0 unspecified atom stereocenters. The molecule has 196 valence electrons. The highest BCUT2D eigenvalue weighted by Gasteiger charge is 2.70. The van der Waals surface area contributed by atoms with Crippen LogP contribution in [0.3, 0.4) is 0 Å². The molecule has 0 saturated heterocycles. The van der Waals surface area contributed by atoms with E-state index in [-0.39, 0.29) is 45.4 Å². The maximum atomic E-state index is 13.4. The molecular formula is C31H49NO3. The van der Waals surface area contributed by atoms with Gasteiger partial charge in [-0.15, -0.1) is 0 Å². The van der Waals surface area contributed by atoms with E-state index in [0.29, 0.717) is 24.2 Å². The van der Waals surface area contributed by atoms with Crippen LogP contribution >= 0.6 is 0 Å². The first-order chi connectivity index (χ1) is 16.2. The highest BCUT2D eigenvalue weighted by molar-refractivity contribution is 6.06. The number of carbonyl (C=O) groups is 2. The van der Waals surface area contributed by atoms with E-state index in [9.17, 15) is 14.7 Å². The summed E-state index contributed by atoms with van der Waals surface area (Å²) in [6.45, 7) is 16.5. The number of carbonyl (C=O) groups excluding carboxylic acids is 2. The molecule has 0 aliphatic heterocycles. The monoisotopic (exact) mass is 483 g/mol. The van der Waals surface area contributed by atoms with E-state index in [1.807, 2.05) is 0 Å². The van der Waals surface area contributed by atoms with Crippen LogP contribution in [-0.4, -0.2) is 29.9 Å². The molecular weight excluding hydrogens is 434 g/mol. The third-order valence-corrected chi connectivity index (χ3v) is 13.1. The van der Waals surface area contributed by atoms with Gasteiger partial charge in [-0.2, -0.15) is 0 Å². The first-order valence-corrected chi connectivity index (χ1v) is 14.4. The molecule has 35 heavy (non-hydrogen) atoms. The quantitative estimate of drug-likeness (QED) is 0.501. The van der Waals surface area contributed by atoms with Crippen molar-refractivity contribution in [1.82, 2.24) is 5.32 Å². The largest absolute Gasteiger partial charge is 0.393 e. The van der Waals surface area contributed by atoms with Crippen molar-refractivity contribution in [2.75, 3.05) is 7.05 Å². The predicted octanol–water partition coefficient (Wildman–Crippen LogP) is 6.07. The second kappa shape index (κ2) is 7.68. The Morgan fingerprint density at radius 1 is 0.914 bits per heavy atom. The van der Waals surface area contributed by atoms with Crippen LogP contribution in [0.5, 0.6) is 0 Å². The number of aliphatic hydroxyl groups excluding tert-OH is 1. The molecule has 0 spiro atoms. The molecule has 5 aliphatic carbocycles. The van der Waals surface area contributed by atoms with Crippen LogP contribution in [0.1, 0.15) is 106 Å². The second-order valence-corrected chi connectivity index (χ2v) is 14.7. The van der Waals surface area contributed by atoms with Gasteiger partial charge < -0.3 is 10.4 Å². The number of hydrogen-bond donors (Lipinski definition) is 2. The molecule has 1 amide bonds. The molecule has 0 radical (unpaired) electrons. The number of hydrogen-bond acceptors (Lipinski definition) is 3. The summed E-state index contributed by atoms with van der Waals surface area (Å²) in [4.78, 5) is 26.9. The summed E-state index contributed by atoms with van der Waals surface area (Å²) in [5.41, 5.74) is 2.04. The fourth-order valence-corrected chi connectivity index (χ4v) is 11.1. The minimum atomic E-state index is -0.628. The topological polar surface area (TPSA) is 66.4 Å². The molecule has 4 saturated carbocycles. The lowest BCUT2D eigenvalue weighted by Crippen LogP contribution is -2.66. The zero-order chi connectivity index (χ0) is 25.8. The Hall–Kier alpha value is -1.16. The van der Waals surface area contributed by atoms with Gasteiger partial charge in [0.25, 0.3) is 0 Å². The molecule has 0 aromatic heterocycles. The average molecular weight is 484 g/mol. The summed E-state index contributed by atoms with van der Waals surface area (Å²) in [5, 5.41) is 13.9.